The van der Waals surface area contributed by atoms with Gasteiger partial charge in [0.25, 0.3) is 0 Å². The average Bonchev–Trinajstić information content (AvgIpc) is 2.26. The van der Waals surface area contributed by atoms with Crippen LogP contribution < -0.4 is 0 Å². The molecule has 0 spiro atoms. The first-order valence-electron chi connectivity index (χ1n) is 4.01. The Hall–Kier alpha value is -0.830. The summed E-state index contributed by atoms with van der Waals surface area (Å²) >= 11 is 0. The van der Waals surface area contributed by atoms with Crippen LogP contribution in [0.1, 0.15) is 20.3 Å². The molecule has 0 aliphatic carbocycles. The van der Waals surface area contributed by atoms with Crippen molar-refractivity contribution in [1.29, 1.82) is 0 Å². The van der Waals surface area contributed by atoms with Crippen LogP contribution in [-0.2, 0) is 9.53 Å². The van der Waals surface area contributed by atoms with Gasteiger partial charge in [-0.2, -0.15) is 0 Å². The van der Waals surface area contributed by atoms with E-state index in [2.05, 4.69) is 11.3 Å². The molecule has 1 fully saturated rings. The van der Waals surface area contributed by atoms with Crippen LogP contribution >= 0.6 is 0 Å². The smallest absolute Gasteiger partial charge is 0.308 e. The van der Waals surface area contributed by atoms with E-state index in [1.807, 2.05) is 13.8 Å². The van der Waals surface area contributed by atoms with Gasteiger partial charge in [-0.25, -0.2) is 0 Å². The molecule has 3 nitrogen and oxygen atoms in total. The summed E-state index contributed by atoms with van der Waals surface area (Å²) < 4.78 is 4.67. The third-order valence-corrected chi connectivity index (χ3v) is 2.73. The maximum atomic E-state index is 10.9. The number of hydrogen-bond acceptors (Lipinski definition) is 3. The number of carbonyl (C=O) groups excluding carboxylic acids is 1. The average molecular weight is 170 g/mol. The molecule has 0 saturated carbocycles. The van der Waals surface area contributed by atoms with E-state index >= 15 is 0 Å². The highest BCUT2D eigenvalue weighted by atomic mass is 16.6. The monoisotopic (exact) mass is 170 g/mol. The van der Waals surface area contributed by atoms with Crippen LogP contribution in [0, 0.1) is 11.3 Å². The quantitative estimate of drug-likeness (QED) is 0.498. The van der Waals surface area contributed by atoms with Gasteiger partial charge in [-0.15, -0.1) is 6.58 Å². The molecule has 1 N–H and O–H groups in total. The zero-order valence-electron chi connectivity index (χ0n) is 7.41. The summed E-state index contributed by atoms with van der Waals surface area (Å²) in [5, 5.41) is 9.43. The van der Waals surface area contributed by atoms with Gasteiger partial charge in [-0.1, -0.05) is 19.9 Å². The van der Waals surface area contributed by atoms with Gasteiger partial charge in [-0.3, -0.25) is 4.79 Å². The van der Waals surface area contributed by atoms with Gasteiger partial charge in [-0.05, 0) is 5.92 Å². The molecule has 3 heteroatoms. The Morgan fingerprint density at radius 2 is 2.50 bits per heavy atom. The van der Waals surface area contributed by atoms with Crippen molar-refractivity contribution >= 4 is 5.97 Å². The number of ether oxygens (including phenoxy) is 1. The number of hydrogen-bond donors (Lipinski definition) is 1. The number of aliphatic hydroxyl groups is 1. The van der Waals surface area contributed by atoms with E-state index in [9.17, 15) is 9.90 Å². The SMILES string of the molecule is C=C[C@H](C)C1(C)CC(=O)OC1O. The minimum Gasteiger partial charge on any atom is -0.435 e. The van der Waals surface area contributed by atoms with Crippen molar-refractivity contribution in [1.82, 2.24) is 0 Å². The molecule has 0 amide bonds. The lowest BCUT2D eigenvalue weighted by Gasteiger charge is -2.29. The Labute approximate surface area is 72.0 Å². The van der Waals surface area contributed by atoms with Crippen LogP contribution in [0.2, 0.25) is 0 Å². The molecule has 1 aliphatic rings. The number of allylic oxidation sites excluding steroid dienone is 1. The molecular weight excluding hydrogens is 156 g/mol. The fourth-order valence-corrected chi connectivity index (χ4v) is 1.35. The summed E-state index contributed by atoms with van der Waals surface area (Å²) in [7, 11) is 0. The Balaban J connectivity index is 2.83. The third kappa shape index (κ3) is 1.25. The first kappa shape index (κ1) is 9.26. The lowest BCUT2D eigenvalue weighted by molar-refractivity contribution is -0.162. The van der Waals surface area contributed by atoms with Gasteiger partial charge in [0.05, 0.1) is 6.42 Å². The number of rotatable bonds is 2. The van der Waals surface area contributed by atoms with Crippen molar-refractivity contribution in [3.8, 4) is 0 Å². The minimum absolute atomic E-state index is 0.0685. The van der Waals surface area contributed by atoms with E-state index in [-0.39, 0.29) is 18.3 Å². The van der Waals surface area contributed by atoms with Crippen molar-refractivity contribution in [2.75, 3.05) is 0 Å². The molecule has 0 aromatic rings. The normalized spacial score (nSPS) is 37.6. The molecule has 68 valence electrons. The highest BCUT2D eigenvalue weighted by Crippen LogP contribution is 2.41. The van der Waals surface area contributed by atoms with Crippen molar-refractivity contribution in [2.45, 2.75) is 26.6 Å². The molecule has 1 heterocycles. The molecule has 0 aromatic heterocycles. The Bertz CT molecular complexity index is 212. The summed E-state index contributed by atoms with van der Waals surface area (Å²) in [5.41, 5.74) is -0.501. The van der Waals surface area contributed by atoms with Crippen LogP contribution in [0.3, 0.4) is 0 Å². The Morgan fingerprint density at radius 3 is 2.83 bits per heavy atom. The van der Waals surface area contributed by atoms with E-state index in [1.54, 1.807) is 6.08 Å². The van der Waals surface area contributed by atoms with E-state index in [4.69, 9.17) is 0 Å². The Kier molecular flexibility index (Phi) is 2.24. The van der Waals surface area contributed by atoms with Crippen molar-refractivity contribution < 1.29 is 14.6 Å². The van der Waals surface area contributed by atoms with Gasteiger partial charge in [0.15, 0.2) is 0 Å². The predicted octanol–water partition coefficient (Wildman–Crippen LogP) is 1.08. The van der Waals surface area contributed by atoms with Gasteiger partial charge >= 0.3 is 5.97 Å². The van der Waals surface area contributed by atoms with Crippen molar-refractivity contribution in [3.63, 3.8) is 0 Å². The number of carbonyl (C=O) groups is 1. The maximum absolute atomic E-state index is 10.9. The van der Waals surface area contributed by atoms with E-state index in [1.165, 1.54) is 0 Å². The molecular formula is C9H14O3. The van der Waals surface area contributed by atoms with Gasteiger partial charge in [0, 0.05) is 5.41 Å². The van der Waals surface area contributed by atoms with Crippen LogP contribution in [0.25, 0.3) is 0 Å². The van der Waals surface area contributed by atoms with E-state index < -0.39 is 11.7 Å². The summed E-state index contributed by atoms with van der Waals surface area (Å²) in [6.07, 6.45) is 1.00. The topological polar surface area (TPSA) is 46.5 Å². The van der Waals surface area contributed by atoms with Gasteiger partial charge < -0.3 is 9.84 Å². The molecule has 0 radical (unpaired) electrons. The van der Waals surface area contributed by atoms with Gasteiger partial charge in [0.1, 0.15) is 0 Å². The second-order valence-electron chi connectivity index (χ2n) is 3.55. The highest BCUT2D eigenvalue weighted by molar-refractivity contribution is 5.72. The molecule has 12 heavy (non-hydrogen) atoms. The third-order valence-electron chi connectivity index (χ3n) is 2.73. The van der Waals surface area contributed by atoms with Crippen molar-refractivity contribution in [3.05, 3.63) is 12.7 Å². The molecule has 1 saturated heterocycles. The van der Waals surface area contributed by atoms with Crippen molar-refractivity contribution in [2.24, 2.45) is 11.3 Å². The second kappa shape index (κ2) is 2.90. The second-order valence-corrected chi connectivity index (χ2v) is 3.55. The highest BCUT2D eigenvalue weighted by Gasteiger charge is 2.47. The molecule has 2 unspecified atom stereocenters. The standard InChI is InChI=1S/C9H14O3/c1-4-6(2)9(3)5-7(10)12-8(9)11/h4,6,8,11H,1,5H2,2-3H3/t6-,8?,9?/m0/s1. The number of aliphatic hydroxyl groups excluding tert-OH is 1. The van der Waals surface area contributed by atoms with Crippen LogP contribution in [0.5, 0.6) is 0 Å². The molecule has 1 rings (SSSR count). The lowest BCUT2D eigenvalue weighted by Crippen LogP contribution is -2.33. The fraction of sp³-hybridized carbons (Fsp3) is 0.667. The molecule has 3 atom stereocenters. The molecule has 0 bridgehead atoms. The zero-order valence-corrected chi connectivity index (χ0v) is 7.41. The summed E-state index contributed by atoms with van der Waals surface area (Å²) in [6.45, 7) is 7.38. The van der Waals surface area contributed by atoms with Crippen LogP contribution in [-0.4, -0.2) is 17.4 Å². The fourth-order valence-electron chi connectivity index (χ4n) is 1.35. The van der Waals surface area contributed by atoms with E-state index in [0.717, 1.165) is 0 Å². The lowest BCUT2D eigenvalue weighted by atomic mass is 9.76. The summed E-state index contributed by atoms with van der Waals surface area (Å²) in [5.74, 6) is -0.266. The zero-order chi connectivity index (χ0) is 9.35. The van der Waals surface area contributed by atoms with Crippen LogP contribution in [0.15, 0.2) is 12.7 Å². The first-order chi connectivity index (χ1) is 5.50. The van der Waals surface area contributed by atoms with Gasteiger partial charge in [0.2, 0.25) is 6.29 Å². The maximum Gasteiger partial charge on any atom is 0.308 e. The molecule has 1 aliphatic heterocycles. The Morgan fingerprint density at radius 1 is 1.92 bits per heavy atom. The summed E-state index contributed by atoms with van der Waals surface area (Å²) in [4.78, 5) is 10.9. The van der Waals surface area contributed by atoms with Crippen LogP contribution in [0.4, 0.5) is 0 Å². The first-order valence-corrected chi connectivity index (χ1v) is 4.01. The summed E-state index contributed by atoms with van der Waals surface area (Å²) in [6, 6.07) is 0. The predicted molar refractivity (Wildman–Crippen MR) is 44.2 cm³/mol. The van der Waals surface area contributed by atoms with E-state index in [0.29, 0.717) is 0 Å². The number of esters is 1. The largest absolute Gasteiger partial charge is 0.435 e. The number of cyclic esters (lactones) is 1. The molecule has 0 aromatic carbocycles. The minimum atomic E-state index is -0.988.